The van der Waals surface area contributed by atoms with Crippen LogP contribution in [0.25, 0.3) is 5.57 Å². The maximum atomic E-state index is 11.5. The van der Waals surface area contributed by atoms with Gasteiger partial charge in [0, 0.05) is 5.92 Å². The highest BCUT2D eigenvalue weighted by Gasteiger charge is 2.37. The van der Waals surface area contributed by atoms with E-state index in [0.29, 0.717) is 12.5 Å². The van der Waals surface area contributed by atoms with Gasteiger partial charge < -0.3 is 4.74 Å². The van der Waals surface area contributed by atoms with E-state index in [-0.39, 0.29) is 5.97 Å². The summed E-state index contributed by atoms with van der Waals surface area (Å²) in [4.78, 5) is 11.5. The maximum Gasteiger partial charge on any atom is 0.339 e. The number of fused-ring (bicyclic) bond motifs is 2. The lowest BCUT2D eigenvalue weighted by molar-refractivity contribution is -0.134. The lowest BCUT2D eigenvalue weighted by Crippen LogP contribution is -2.02. The fourth-order valence-corrected chi connectivity index (χ4v) is 2.33. The number of carbonyl (C=O) groups excluding carboxylic acids is 1. The lowest BCUT2D eigenvalue weighted by Gasteiger charge is -2.09. The average Bonchev–Trinajstić information content (AvgIpc) is 2.70. The Morgan fingerprint density at radius 3 is 3.00 bits per heavy atom. The first-order valence-corrected chi connectivity index (χ1v) is 4.78. The molecule has 0 radical (unpaired) electrons. The standard InChI is InChI=1S/C12H10O2/c1-7-8-4-2-3-5-9(8)11-10(7)6-14-12(11)13/h2-5,7H,6H2,1H3. The molecule has 0 bridgehead atoms. The van der Waals surface area contributed by atoms with Crippen molar-refractivity contribution >= 4 is 11.5 Å². The van der Waals surface area contributed by atoms with Crippen molar-refractivity contribution in [3.63, 3.8) is 0 Å². The van der Waals surface area contributed by atoms with Crippen molar-refractivity contribution in [1.82, 2.24) is 0 Å². The van der Waals surface area contributed by atoms with Gasteiger partial charge in [-0.1, -0.05) is 31.2 Å². The molecule has 1 unspecified atom stereocenters. The van der Waals surface area contributed by atoms with E-state index in [9.17, 15) is 4.79 Å². The average molecular weight is 186 g/mol. The molecule has 0 fully saturated rings. The van der Waals surface area contributed by atoms with Gasteiger partial charge in [0.1, 0.15) is 6.61 Å². The van der Waals surface area contributed by atoms with Gasteiger partial charge in [0.05, 0.1) is 5.57 Å². The molecular formula is C12H10O2. The molecule has 0 saturated heterocycles. The highest BCUT2D eigenvalue weighted by molar-refractivity contribution is 6.21. The Hall–Kier alpha value is -1.57. The van der Waals surface area contributed by atoms with Crippen molar-refractivity contribution in [2.75, 3.05) is 6.61 Å². The molecule has 0 aromatic heterocycles. The van der Waals surface area contributed by atoms with Crippen LogP contribution in [-0.4, -0.2) is 12.6 Å². The summed E-state index contributed by atoms with van der Waals surface area (Å²) >= 11 is 0. The van der Waals surface area contributed by atoms with Crippen LogP contribution in [0.3, 0.4) is 0 Å². The van der Waals surface area contributed by atoms with Gasteiger partial charge in [-0.05, 0) is 16.7 Å². The quantitative estimate of drug-likeness (QED) is 0.580. The fraction of sp³-hybridized carbons (Fsp3) is 0.250. The number of carbonyl (C=O) groups is 1. The lowest BCUT2D eigenvalue weighted by atomic mass is 9.98. The summed E-state index contributed by atoms with van der Waals surface area (Å²) < 4.78 is 5.03. The van der Waals surface area contributed by atoms with Crippen LogP contribution in [0, 0.1) is 0 Å². The molecule has 14 heavy (non-hydrogen) atoms. The van der Waals surface area contributed by atoms with E-state index in [4.69, 9.17) is 4.74 Å². The van der Waals surface area contributed by atoms with E-state index in [2.05, 4.69) is 13.0 Å². The predicted octanol–water partition coefficient (Wildman–Crippen LogP) is 2.11. The van der Waals surface area contributed by atoms with Gasteiger partial charge in [-0.25, -0.2) is 4.79 Å². The zero-order valence-corrected chi connectivity index (χ0v) is 7.91. The molecule has 3 rings (SSSR count). The largest absolute Gasteiger partial charge is 0.457 e. The number of hydrogen-bond acceptors (Lipinski definition) is 2. The summed E-state index contributed by atoms with van der Waals surface area (Å²) in [5.74, 6) is 0.185. The summed E-state index contributed by atoms with van der Waals surface area (Å²) in [6.07, 6.45) is 0. The Kier molecular flexibility index (Phi) is 1.38. The topological polar surface area (TPSA) is 26.3 Å². The van der Waals surface area contributed by atoms with Gasteiger partial charge in [-0.3, -0.25) is 0 Å². The Bertz CT molecular complexity index is 457. The highest BCUT2D eigenvalue weighted by atomic mass is 16.5. The molecule has 1 aromatic carbocycles. The van der Waals surface area contributed by atoms with E-state index in [0.717, 1.165) is 16.7 Å². The zero-order chi connectivity index (χ0) is 9.71. The molecule has 0 saturated carbocycles. The first-order chi connectivity index (χ1) is 6.79. The molecular weight excluding hydrogens is 176 g/mol. The van der Waals surface area contributed by atoms with Gasteiger partial charge in [0.25, 0.3) is 0 Å². The van der Waals surface area contributed by atoms with Crippen molar-refractivity contribution in [1.29, 1.82) is 0 Å². The fourth-order valence-electron chi connectivity index (χ4n) is 2.33. The third-order valence-electron chi connectivity index (χ3n) is 3.10. The van der Waals surface area contributed by atoms with Crippen molar-refractivity contribution in [2.24, 2.45) is 0 Å². The maximum absolute atomic E-state index is 11.5. The third-order valence-corrected chi connectivity index (χ3v) is 3.10. The number of cyclic esters (lactones) is 1. The Morgan fingerprint density at radius 1 is 1.36 bits per heavy atom. The second-order valence-corrected chi connectivity index (χ2v) is 3.79. The first kappa shape index (κ1) is 7.80. The second-order valence-electron chi connectivity index (χ2n) is 3.79. The van der Waals surface area contributed by atoms with Crippen molar-refractivity contribution in [3.05, 3.63) is 41.0 Å². The van der Waals surface area contributed by atoms with Crippen LogP contribution in [0.15, 0.2) is 29.8 Å². The van der Waals surface area contributed by atoms with Crippen molar-refractivity contribution < 1.29 is 9.53 Å². The van der Waals surface area contributed by atoms with Crippen LogP contribution >= 0.6 is 0 Å². The normalized spacial score (nSPS) is 23.5. The van der Waals surface area contributed by atoms with Crippen molar-refractivity contribution in [2.45, 2.75) is 12.8 Å². The summed E-state index contributed by atoms with van der Waals surface area (Å²) in [6.45, 7) is 2.60. The Labute approximate surface area is 82.2 Å². The van der Waals surface area contributed by atoms with E-state index >= 15 is 0 Å². The van der Waals surface area contributed by atoms with Crippen LogP contribution in [0.4, 0.5) is 0 Å². The minimum absolute atomic E-state index is 0.156. The number of esters is 1. The molecule has 1 atom stereocenters. The van der Waals surface area contributed by atoms with Crippen LogP contribution < -0.4 is 0 Å². The molecule has 0 amide bonds. The van der Waals surface area contributed by atoms with E-state index in [1.807, 2.05) is 18.2 Å². The van der Waals surface area contributed by atoms with E-state index in [1.54, 1.807) is 0 Å². The summed E-state index contributed by atoms with van der Waals surface area (Å²) in [7, 11) is 0. The van der Waals surface area contributed by atoms with Crippen LogP contribution in [0.1, 0.15) is 24.0 Å². The van der Waals surface area contributed by atoms with Gasteiger partial charge in [0.2, 0.25) is 0 Å². The summed E-state index contributed by atoms with van der Waals surface area (Å²) in [5.41, 5.74) is 4.29. The zero-order valence-electron chi connectivity index (χ0n) is 7.91. The molecule has 0 spiro atoms. The smallest absolute Gasteiger partial charge is 0.339 e. The van der Waals surface area contributed by atoms with E-state index < -0.39 is 0 Å². The number of benzene rings is 1. The molecule has 1 aliphatic carbocycles. The van der Waals surface area contributed by atoms with Gasteiger partial charge in [-0.2, -0.15) is 0 Å². The number of ether oxygens (including phenoxy) is 1. The van der Waals surface area contributed by atoms with Crippen LogP contribution in [0.2, 0.25) is 0 Å². The van der Waals surface area contributed by atoms with Gasteiger partial charge >= 0.3 is 5.97 Å². The van der Waals surface area contributed by atoms with Gasteiger partial charge in [-0.15, -0.1) is 0 Å². The molecule has 1 heterocycles. The number of rotatable bonds is 0. The third kappa shape index (κ3) is 0.782. The number of hydrogen-bond donors (Lipinski definition) is 0. The molecule has 2 heteroatoms. The summed E-state index contributed by atoms with van der Waals surface area (Å²) in [5, 5.41) is 0. The van der Waals surface area contributed by atoms with Crippen LogP contribution in [-0.2, 0) is 9.53 Å². The molecule has 70 valence electrons. The Morgan fingerprint density at radius 2 is 2.14 bits per heavy atom. The monoisotopic (exact) mass is 186 g/mol. The first-order valence-electron chi connectivity index (χ1n) is 4.78. The molecule has 1 aliphatic heterocycles. The SMILES string of the molecule is CC1C2=C(C(=O)OC2)c2ccccc21. The second kappa shape index (κ2) is 2.47. The molecule has 2 nitrogen and oxygen atoms in total. The van der Waals surface area contributed by atoms with Crippen molar-refractivity contribution in [3.8, 4) is 0 Å². The predicted molar refractivity (Wildman–Crippen MR) is 52.7 cm³/mol. The Balaban J connectivity index is 2.27. The minimum Gasteiger partial charge on any atom is -0.457 e. The van der Waals surface area contributed by atoms with E-state index in [1.165, 1.54) is 5.56 Å². The van der Waals surface area contributed by atoms with Gasteiger partial charge in [0.15, 0.2) is 0 Å². The molecule has 1 aromatic rings. The highest BCUT2D eigenvalue weighted by Crippen LogP contribution is 2.44. The van der Waals surface area contributed by atoms with Crippen LogP contribution in [0.5, 0.6) is 0 Å². The minimum atomic E-state index is -0.156. The molecule has 0 N–H and O–H groups in total. The molecule has 2 aliphatic rings. The summed E-state index contributed by atoms with van der Waals surface area (Å²) in [6, 6.07) is 8.07.